The number of likely N-dealkylation sites (tertiary alicyclic amines) is 1. The number of hydrogen-bond donors (Lipinski definition) is 3. The van der Waals surface area contributed by atoms with Gasteiger partial charge in [0.25, 0.3) is 5.91 Å². The highest BCUT2D eigenvalue weighted by Gasteiger charge is 2.41. The molecule has 11 nitrogen and oxygen atoms in total. The van der Waals surface area contributed by atoms with Gasteiger partial charge in [-0.2, -0.15) is 5.10 Å². The van der Waals surface area contributed by atoms with Crippen molar-refractivity contribution in [3.05, 3.63) is 29.5 Å². The molecule has 2 heterocycles. The molecular formula is C23H27FN4O7. The van der Waals surface area contributed by atoms with E-state index in [1.165, 1.54) is 24.1 Å². The number of nitrogens with zero attached hydrogens (tertiary/aromatic N) is 2. The Kier molecular flexibility index (Phi) is 7.08. The molecule has 1 aliphatic carbocycles. The molecule has 12 heteroatoms. The molecule has 0 radical (unpaired) electrons. The Labute approximate surface area is 200 Å². The molecule has 4 atom stereocenters. The lowest BCUT2D eigenvalue weighted by molar-refractivity contribution is -0.118. The number of carbonyl (C=O) groups is 3. The number of amides is 2. The molecule has 35 heavy (non-hydrogen) atoms. The van der Waals surface area contributed by atoms with E-state index in [4.69, 9.17) is 14.2 Å². The lowest BCUT2D eigenvalue weighted by Gasteiger charge is -2.41. The highest BCUT2D eigenvalue weighted by Crippen LogP contribution is 2.37. The van der Waals surface area contributed by atoms with Gasteiger partial charge in [0.15, 0.2) is 18.7 Å². The third kappa shape index (κ3) is 5.31. The predicted octanol–water partition coefficient (Wildman–Crippen LogP) is 2.77. The van der Waals surface area contributed by atoms with Crippen molar-refractivity contribution in [3.63, 3.8) is 0 Å². The van der Waals surface area contributed by atoms with E-state index < -0.39 is 30.8 Å². The third-order valence-electron chi connectivity index (χ3n) is 6.38. The molecule has 1 aromatic carbocycles. The molecule has 1 saturated carbocycles. The monoisotopic (exact) mass is 490 g/mol. The van der Waals surface area contributed by atoms with Crippen LogP contribution in [0.3, 0.4) is 0 Å². The van der Waals surface area contributed by atoms with Crippen molar-refractivity contribution in [1.29, 1.82) is 0 Å². The largest absolute Gasteiger partial charge is 0.507 e. The van der Waals surface area contributed by atoms with Gasteiger partial charge in [-0.15, -0.1) is 0 Å². The molecule has 2 amide bonds. The van der Waals surface area contributed by atoms with Gasteiger partial charge in [-0.05, 0) is 26.2 Å². The Hall–Kier alpha value is -3.83. The maximum absolute atomic E-state index is 13.3. The van der Waals surface area contributed by atoms with Gasteiger partial charge in [-0.25, -0.2) is 9.18 Å². The van der Waals surface area contributed by atoms with Gasteiger partial charge >= 0.3 is 6.09 Å². The minimum Gasteiger partial charge on any atom is -0.507 e. The zero-order valence-electron chi connectivity index (χ0n) is 19.3. The maximum Gasteiger partial charge on any atom is 0.410 e. The number of hydrogen-bond acceptors (Lipinski definition) is 8. The van der Waals surface area contributed by atoms with Crippen molar-refractivity contribution in [2.45, 2.75) is 50.4 Å². The molecule has 2 fully saturated rings. The summed E-state index contributed by atoms with van der Waals surface area (Å²) in [4.78, 5) is 37.1. The summed E-state index contributed by atoms with van der Waals surface area (Å²) in [5.41, 5.74) is 0.701. The Morgan fingerprint density at radius 2 is 2.14 bits per heavy atom. The molecule has 0 unspecified atom stereocenters. The summed E-state index contributed by atoms with van der Waals surface area (Å²) in [6.07, 6.45) is 0.716. The summed E-state index contributed by atoms with van der Waals surface area (Å²) in [6.45, 7) is 1.30. The molecule has 2 aliphatic rings. The van der Waals surface area contributed by atoms with E-state index in [2.05, 4.69) is 15.5 Å². The Balaban J connectivity index is 1.27. The summed E-state index contributed by atoms with van der Waals surface area (Å²) in [7, 11) is 1.39. The number of benzene rings is 1. The second-order valence-electron chi connectivity index (χ2n) is 8.65. The van der Waals surface area contributed by atoms with Gasteiger partial charge in [0, 0.05) is 29.8 Å². The summed E-state index contributed by atoms with van der Waals surface area (Å²) in [5, 5.41) is 19.5. The molecule has 1 aromatic heterocycles. The predicted molar refractivity (Wildman–Crippen MR) is 121 cm³/mol. The normalized spacial score (nSPS) is 23.3. The van der Waals surface area contributed by atoms with Crippen LogP contribution in [-0.2, 0) is 9.53 Å². The number of anilines is 1. The van der Waals surface area contributed by atoms with Crippen LogP contribution >= 0.6 is 0 Å². The molecular weight excluding hydrogens is 463 g/mol. The zero-order chi connectivity index (χ0) is 25.1. The smallest absolute Gasteiger partial charge is 0.410 e. The summed E-state index contributed by atoms with van der Waals surface area (Å²) < 4.78 is 29.2. The first kappa shape index (κ1) is 24.3. The van der Waals surface area contributed by atoms with Crippen molar-refractivity contribution in [3.8, 4) is 17.2 Å². The van der Waals surface area contributed by atoms with E-state index in [1.54, 1.807) is 13.0 Å². The van der Waals surface area contributed by atoms with Crippen LogP contribution in [0.15, 0.2) is 18.2 Å². The number of H-pyrrole nitrogens is 1. The van der Waals surface area contributed by atoms with Gasteiger partial charge in [0.05, 0.1) is 25.3 Å². The highest BCUT2D eigenvalue weighted by atomic mass is 19.1. The number of ether oxygens (including phenoxy) is 3. The van der Waals surface area contributed by atoms with Crippen LogP contribution in [-0.4, -0.2) is 77.1 Å². The van der Waals surface area contributed by atoms with Gasteiger partial charge < -0.3 is 24.6 Å². The van der Waals surface area contributed by atoms with Crippen LogP contribution in [0, 0.1) is 0 Å². The number of phenolic OH excluding ortho intramolecular Hbond substituents is 1. The van der Waals surface area contributed by atoms with E-state index >= 15 is 0 Å². The van der Waals surface area contributed by atoms with Crippen LogP contribution in [0.5, 0.6) is 17.2 Å². The lowest BCUT2D eigenvalue weighted by atomic mass is 10.0. The number of aromatic amines is 1. The summed E-state index contributed by atoms with van der Waals surface area (Å²) in [5.74, 6) is -0.196. The second kappa shape index (κ2) is 10.2. The third-order valence-corrected chi connectivity index (χ3v) is 6.38. The van der Waals surface area contributed by atoms with Crippen LogP contribution in [0.1, 0.15) is 48.2 Å². The number of aromatic hydroxyl groups is 1. The molecule has 3 N–H and O–H groups in total. The molecule has 188 valence electrons. The number of nitrogens with one attached hydrogen (secondary N) is 2. The van der Waals surface area contributed by atoms with Crippen molar-refractivity contribution in [2.24, 2.45) is 0 Å². The molecule has 0 spiro atoms. The lowest BCUT2D eigenvalue weighted by Crippen LogP contribution is -2.59. The van der Waals surface area contributed by atoms with Crippen molar-refractivity contribution < 1.29 is 38.1 Å². The van der Waals surface area contributed by atoms with Crippen molar-refractivity contribution in [1.82, 2.24) is 15.1 Å². The highest BCUT2D eigenvalue weighted by molar-refractivity contribution is 5.91. The Bertz CT molecular complexity index is 1110. The standard InChI is InChI=1S/C23H27FN4O7/c1-12-17(24)9-28(12)23(32)35-14-4-3-13(5-14)18-8-21(27-26-18)25-22(31)11-34-20-7-15(33-2)6-19(30)16(20)10-29/h6-8,10,12-14,17,30H,3-5,9,11H2,1-2H3,(H2,25,26,27,31)/t12-,13-,14+,17-/m0/s1. The topological polar surface area (TPSA) is 143 Å². The van der Waals surface area contributed by atoms with E-state index in [1.807, 2.05) is 0 Å². The van der Waals surface area contributed by atoms with Gasteiger partial charge in [0.1, 0.15) is 29.5 Å². The van der Waals surface area contributed by atoms with E-state index in [-0.39, 0.29) is 41.4 Å². The Morgan fingerprint density at radius 3 is 2.83 bits per heavy atom. The fourth-order valence-corrected chi connectivity index (χ4v) is 4.22. The van der Waals surface area contributed by atoms with Crippen molar-refractivity contribution >= 4 is 24.1 Å². The first-order valence-electron chi connectivity index (χ1n) is 11.2. The van der Waals surface area contributed by atoms with Gasteiger partial charge in [-0.3, -0.25) is 19.6 Å². The average Bonchev–Trinajstić information content (AvgIpc) is 3.49. The number of phenols is 1. The average molecular weight is 490 g/mol. The molecule has 1 saturated heterocycles. The fraction of sp³-hybridized carbons (Fsp3) is 0.478. The quantitative estimate of drug-likeness (QED) is 0.480. The first-order chi connectivity index (χ1) is 16.8. The van der Waals surface area contributed by atoms with Gasteiger partial charge in [-0.1, -0.05) is 0 Å². The minimum absolute atomic E-state index is 0.0101. The zero-order valence-corrected chi connectivity index (χ0v) is 19.3. The number of alkyl halides is 1. The first-order valence-corrected chi connectivity index (χ1v) is 11.2. The van der Waals surface area contributed by atoms with Crippen LogP contribution < -0.4 is 14.8 Å². The van der Waals surface area contributed by atoms with E-state index in [9.17, 15) is 23.9 Å². The SMILES string of the molecule is COc1cc(O)c(C=O)c(OCC(=O)Nc2cc([C@H]3CC[C@@H](OC(=O)N4C[C@H](F)[C@@H]4C)C3)[nH]n2)c1. The van der Waals surface area contributed by atoms with Crippen molar-refractivity contribution in [2.75, 3.05) is 25.6 Å². The maximum atomic E-state index is 13.3. The number of carbonyl (C=O) groups excluding carboxylic acids is 3. The number of rotatable bonds is 8. The summed E-state index contributed by atoms with van der Waals surface area (Å²) in [6, 6.07) is 3.90. The summed E-state index contributed by atoms with van der Waals surface area (Å²) >= 11 is 0. The fourth-order valence-electron chi connectivity index (χ4n) is 4.22. The molecule has 1 aliphatic heterocycles. The Morgan fingerprint density at radius 1 is 1.34 bits per heavy atom. The minimum atomic E-state index is -1.00. The molecule has 4 rings (SSSR count). The van der Waals surface area contributed by atoms with E-state index in [0.717, 1.165) is 12.1 Å². The van der Waals surface area contributed by atoms with E-state index in [0.29, 0.717) is 24.9 Å². The van der Waals surface area contributed by atoms with Crippen LogP contribution in [0.25, 0.3) is 0 Å². The van der Waals surface area contributed by atoms with Crippen LogP contribution in [0.2, 0.25) is 0 Å². The number of methoxy groups -OCH3 is 1. The van der Waals surface area contributed by atoms with Gasteiger partial charge in [0.2, 0.25) is 0 Å². The van der Waals surface area contributed by atoms with Crippen LogP contribution in [0.4, 0.5) is 15.0 Å². The molecule has 2 aromatic rings. The molecule has 0 bridgehead atoms. The number of halogens is 1. The second-order valence-corrected chi connectivity index (χ2v) is 8.65. The number of aldehydes is 1. The number of aromatic nitrogens is 2.